The highest BCUT2D eigenvalue weighted by molar-refractivity contribution is 7.83. The maximum absolute atomic E-state index is 15.0. The van der Waals surface area contributed by atoms with Crippen LogP contribution in [-0.2, 0) is 23.7 Å². The van der Waals surface area contributed by atoms with Crippen LogP contribution >= 0.6 is 11.3 Å². The van der Waals surface area contributed by atoms with Crippen LogP contribution in [-0.4, -0.2) is 25.8 Å². The summed E-state index contributed by atoms with van der Waals surface area (Å²) in [5, 5.41) is 21.8. The van der Waals surface area contributed by atoms with Gasteiger partial charge in [-0.15, -0.1) is 16.1 Å². The highest BCUT2D eigenvalue weighted by atomic mass is 32.2. The molecule has 0 bridgehead atoms. The lowest BCUT2D eigenvalue weighted by molar-refractivity contribution is 0.0691. The van der Waals surface area contributed by atoms with Crippen LogP contribution in [0, 0.1) is 28.1 Å². The number of carboxylic acid groups (broad SMARTS) is 1. The Morgan fingerprint density at radius 2 is 1.88 bits per heavy atom. The van der Waals surface area contributed by atoms with Crippen LogP contribution in [0.2, 0.25) is 0 Å². The molecule has 0 aliphatic heterocycles. The standard InChI is InChI=1S/C30H24F3N5O2S2/c31-20-3-1-2-18(13-20)21-14-19(7-8-23(21)32)28-22(10-17-6-9-27(42(34)35)24(33)11-17)26(12-16-4-5-16)38(37-28)30-36-25(15-41-30)29(39)40/h1-3,6-9,11,13-16H,4-5,10,12H2,(H3,34,35)(H,39,40)/p+1. The van der Waals surface area contributed by atoms with Gasteiger partial charge in [-0.2, -0.15) is 10.2 Å². The fourth-order valence-corrected chi connectivity index (χ4v) is 6.24. The Hall–Kier alpha value is -4.13. The number of hydrogen-bond donors (Lipinski definition) is 3. The van der Waals surface area contributed by atoms with E-state index in [4.69, 9.17) is 15.0 Å². The highest BCUT2D eigenvalue weighted by Crippen LogP contribution is 2.39. The molecule has 1 fully saturated rings. The van der Waals surface area contributed by atoms with Gasteiger partial charge in [0.15, 0.2) is 16.4 Å². The maximum atomic E-state index is 15.0. The third kappa shape index (κ3) is 5.65. The van der Waals surface area contributed by atoms with Gasteiger partial charge in [0.25, 0.3) is 0 Å². The molecule has 0 radical (unpaired) electrons. The van der Waals surface area contributed by atoms with Gasteiger partial charge >= 0.3 is 5.97 Å². The number of aromatic carboxylic acids is 1. The largest absolute Gasteiger partial charge is 0.476 e. The van der Waals surface area contributed by atoms with E-state index in [1.165, 1.54) is 41.8 Å². The minimum Gasteiger partial charge on any atom is -0.476 e. The van der Waals surface area contributed by atoms with Crippen molar-refractivity contribution < 1.29 is 23.1 Å². The minimum atomic E-state index is -1.86. The summed E-state index contributed by atoms with van der Waals surface area (Å²) >= 11 is 1.14. The van der Waals surface area contributed by atoms with Gasteiger partial charge < -0.3 is 5.11 Å². The summed E-state index contributed by atoms with van der Waals surface area (Å²) < 4.78 is 53.3. The quantitative estimate of drug-likeness (QED) is 0.128. The second-order valence-electron chi connectivity index (χ2n) is 10.2. The average Bonchev–Trinajstić information content (AvgIpc) is 3.51. The van der Waals surface area contributed by atoms with Crippen LogP contribution in [0.4, 0.5) is 13.2 Å². The van der Waals surface area contributed by atoms with Gasteiger partial charge in [-0.05, 0) is 78.8 Å². The lowest BCUT2D eigenvalue weighted by atomic mass is 9.95. The zero-order chi connectivity index (χ0) is 29.5. The zero-order valence-corrected chi connectivity index (χ0v) is 23.7. The average molecular weight is 609 g/mol. The first-order chi connectivity index (χ1) is 20.2. The normalized spacial score (nSPS) is 13.8. The Kier molecular flexibility index (Phi) is 7.52. The molecule has 0 spiro atoms. The van der Waals surface area contributed by atoms with Crippen LogP contribution in [0.25, 0.3) is 27.5 Å². The molecular weight excluding hydrogens is 583 g/mol. The molecule has 214 valence electrons. The molecule has 7 nitrogen and oxygen atoms in total. The van der Waals surface area contributed by atoms with Crippen molar-refractivity contribution in [3.8, 4) is 27.5 Å². The van der Waals surface area contributed by atoms with Crippen molar-refractivity contribution in [2.75, 3.05) is 0 Å². The SMILES string of the molecule is N=[SH+](N)c1ccc(Cc2c(-c3ccc(F)c(-c4cccc(F)c4)c3)nn(-c3nc(C(=O)O)cs3)c2CC2CC2)cc1F. The van der Waals surface area contributed by atoms with Crippen LogP contribution in [0.3, 0.4) is 0 Å². The van der Waals surface area contributed by atoms with E-state index >= 15 is 4.39 Å². The summed E-state index contributed by atoms with van der Waals surface area (Å²) in [5.74, 6) is -2.33. The molecule has 42 heavy (non-hydrogen) atoms. The van der Waals surface area contributed by atoms with Crippen molar-refractivity contribution in [2.24, 2.45) is 11.1 Å². The number of nitrogens with one attached hydrogen (secondary N) is 1. The number of carboxylic acids is 1. The lowest BCUT2D eigenvalue weighted by Gasteiger charge is -2.10. The molecule has 12 heteroatoms. The number of benzene rings is 3. The lowest BCUT2D eigenvalue weighted by Crippen LogP contribution is -2.07. The second kappa shape index (κ2) is 11.3. The van der Waals surface area contributed by atoms with Gasteiger partial charge in [0, 0.05) is 28.5 Å². The highest BCUT2D eigenvalue weighted by Gasteiger charge is 2.30. The Morgan fingerprint density at radius 3 is 2.55 bits per heavy atom. The first-order valence-electron chi connectivity index (χ1n) is 13.1. The van der Waals surface area contributed by atoms with Crippen molar-refractivity contribution in [3.05, 3.63) is 106 Å². The van der Waals surface area contributed by atoms with Crippen molar-refractivity contribution in [2.45, 2.75) is 30.6 Å². The van der Waals surface area contributed by atoms with Crippen LogP contribution in [0.1, 0.15) is 40.2 Å². The van der Waals surface area contributed by atoms with Gasteiger partial charge in [-0.1, -0.05) is 18.2 Å². The van der Waals surface area contributed by atoms with Gasteiger partial charge in [-0.3, -0.25) is 0 Å². The number of hydrogen-bond acceptors (Lipinski definition) is 5. The monoisotopic (exact) mass is 608 g/mol. The minimum absolute atomic E-state index is 0.104. The number of thiazole rings is 1. The molecule has 1 aliphatic carbocycles. The van der Waals surface area contributed by atoms with Crippen molar-refractivity contribution in [1.82, 2.24) is 14.8 Å². The van der Waals surface area contributed by atoms with Crippen molar-refractivity contribution >= 4 is 28.2 Å². The van der Waals surface area contributed by atoms with Gasteiger partial charge in [0.05, 0.1) is 22.3 Å². The molecular formula is C30H25F3N5O2S2+. The number of aromatic nitrogens is 3. The summed E-state index contributed by atoms with van der Waals surface area (Å²) in [4.78, 5) is 16.0. The zero-order valence-electron chi connectivity index (χ0n) is 22.0. The fourth-order valence-electron chi connectivity index (χ4n) is 4.94. The molecule has 6 rings (SSSR count). The summed E-state index contributed by atoms with van der Waals surface area (Å²) in [6.07, 6.45) is 2.97. The number of halogens is 3. The molecule has 1 unspecified atom stereocenters. The topological polar surface area (TPSA) is 118 Å². The third-order valence-corrected chi connectivity index (χ3v) is 8.89. The van der Waals surface area contributed by atoms with E-state index in [-0.39, 0.29) is 22.6 Å². The number of rotatable bonds is 9. The molecule has 4 N–H and O–H groups in total. The summed E-state index contributed by atoms with van der Waals surface area (Å²) in [6.45, 7) is 0. The third-order valence-electron chi connectivity index (χ3n) is 7.19. The smallest absolute Gasteiger partial charge is 0.355 e. The number of carbonyl (C=O) groups is 1. The molecule has 1 saturated carbocycles. The van der Waals surface area contributed by atoms with Crippen molar-refractivity contribution in [3.63, 3.8) is 0 Å². The van der Waals surface area contributed by atoms with Gasteiger partial charge in [0.1, 0.15) is 11.6 Å². The van der Waals surface area contributed by atoms with E-state index in [0.29, 0.717) is 39.9 Å². The van der Waals surface area contributed by atoms with E-state index in [1.807, 2.05) is 0 Å². The molecule has 2 aromatic heterocycles. The van der Waals surface area contributed by atoms with E-state index in [2.05, 4.69) is 4.98 Å². The molecule has 2 heterocycles. The van der Waals surface area contributed by atoms with E-state index < -0.39 is 34.3 Å². The fraction of sp³-hybridized carbons (Fsp3) is 0.167. The maximum Gasteiger partial charge on any atom is 0.355 e. The van der Waals surface area contributed by atoms with E-state index in [0.717, 1.165) is 35.4 Å². The summed E-state index contributed by atoms with van der Waals surface area (Å²) in [7, 11) is -1.86. The van der Waals surface area contributed by atoms with Crippen LogP contribution < -0.4 is 5.14 Å². The Morgan fingerprint density at radius 1 is 1.07 bits per heavy atom. The Balaban J connectivity index is 1.54. The van der Waals surface area contributed by atoms with Crippen LogP contribution in [0.5, 0.6) is 0 Å². The Bertz CT molecular complexity index is 1870. The predicted molar refractivity (Wildman–Crippen MR) is 157 cm³/mol. The van der Waals surface area contributed by atoms with E-state index in [9.17, 15) is 18.7 Å². The molecule has 0 saturated heterocycles. The molecule has 0 amide bonds. The Labute approximate surface area is 245 Å². The number of nitrogens with two attached hydrogens (primary N) is 1. The number of thiol groups is 1. The molecule has 5 aromatic rings. The van der Waals surface area contributed by atoms with Gasteiger partial charge in [-0.25, -0.2) is 27.6 Å². The molecule has 3 aromatic carbocycles. The predicted octanol–water partition coefficient (Wildman–Crippen LogP) is 6.67. The molecule has 1 aliphatic rings. The second-order valence-corrected chi connectivity index (χ2v) is 12.2. The van der Waals surface area contributed by atoms with Crippen molar-refractivity contribution in [1.29, 1.82) is 4.78 Å². The number of nitrogens with zero attached hydrogens (tertiary/aromatic N) is 3. The van der Waals surface area contributed by atoms with E-state index in [1.54, 1.807) is 28.9 Å². The van der Waals surface area contributed by atoms with Crippen LogP contribution in [0.15, 0.2) is 70.9 Å². The summed E-state index contributed by atoms with van der Waals surface area (Å²) in [6, 6.07) is 14.8. The van der Waals surface area contributed by atoms with Gasteiger partial charge in [0.2, 0.25) is 5.13 Å². The first-order valence-corrected chi connectivity index (χ1v) is 15.4. The molecule has 1 atom stereocenters. The summed E-state index contributed by atoms with van der Waals surface area (Å²) in [5.41, 5.74) is 3.72. The first kappa shape index (κ1) is 28.0.